The Kier molecular flexibility index (Phi) is 8.89. The molecule has 1 N–H and O–H groups in total. The van der Waals surface area contributed by atoms with Gasteiger partial charge in [0.1, 0.15) is 11.9 Å². The predicted molar refractivity (Wildman–Crippen MR) is 208 cm³/mol. The Bertz CT molecular complexity index is 2490. The third-order valence-electron chi connectivity index (χ3n) is 12.1. The first-order chi connectivity index (χ1) is 27.0. The zero-order valence-corrected chi connectivity index (χ0v) is 31.2. The quantitative estimate of drug-likeness (QED) is 0.196. The normalized spacial score (nSPS) is 18.8. The molecule has 4 aliphatic rings. The first-order valence-corrected chi connectivity index (χ1v) is 19.2. The second kappa shape index (κ2) is 13.9. The van der Waals surface area contributed by atoms with E-state index in [9.17, 15) is 28.0 Å². The van der Waals surface area contributed by atoms with E-state index in [0.29, 0.717) is 53.3 Å². The molecule has 0 spiro atoms. The third-order valence-corrected chi connectivity index (χ3v) is 12.1. The van der Waals surface area contributed by atoms with Gasteiger partial charge >= 0.3 is 0 Å². The Hall–Kier alpha value is -5.98. The Morgan fingerprint density at radius 3 is 2.43 bits per heavy atom. The molecule has 5 aromatic rings. The smallest absolute Gasteiger partial charge is 0.264 e. The van der Waals surface area contributed by atoms with Crippen LogP contribution in [0.5, 0.6) is 0 Å². The third kappa shape index (κ3) is 6.09. The van der Waals surface area contributed by atoms with Crippen molar-refractivity contribution in [3.63, 3.8) is 0 Å². The molecule has 0 aliphatic carbocycles. The second-order valence-corrected chi connectivity index (χ2v) is 15.4. The molecule has 0 saturated carbocycles. The van der Waals surface area contributed by atoms with Crippen molar-refractivity contribution in [2.45, 2.75) is 70.4 Å². The summed E-state index contributed by atoms with van der Waals surface area (Å²) in [6.07, 6.45) is 4.51. The minimum atomic E-state index is -2.70. The number of aromatic nitrogens is 3. The van der Waals surface area contributed by atoms with Crippen molar-refractivity contribution in [2.75, 3.05) is 29.4 Å². The molecule has 2 aromatic carbocycles. The van der Waals surface area contributed by atoms with E-state index < -0.39 is 18.4 Å². The van der Waals surface area contributed by atoms with Gasteiger partial charge in [0, 0.05) is 103 Å². The number of hydrogen-bond acceptors (Lipinski definition) is 8. The van der Waals surface area contributed by atoms with Crippen molar-refractivity contribution in [3.05, 3.63) is 111 Å². The molecule has 3 amide bonds. The lowest BCUT2D eigenvalue weighted by Crippen LogP contribution is -2.52. The van der Waals surface area contributed by atoms with Crippen LogP contribution in [-0.4, -0.2) is 62.8 Å². The van der Waals surface area contributed by atoms with E-state index in [2.05, 4.69) is 15.2 Å². The summed E-state index contributed by atoms with van der Waals surface area (Å²) in [7, 11) is 1.73. The van der Waals surface area contributed by atoms with Crippen LogP contribution < -0.4 is 20.7 Å². The molecule has 1 atom stereocenters. The van der Waals surface area contributed by atoms with Gasteiger partial charge in [-0.1, -0.05) is 6.07 Å². The maximum Gasteiger partial charge on any atom is 0.264 e. The number of halogens is 2. The van der Waals surface area contributed by atoms with Crippen molar-refractivity contribution < 1.29 is 23.2 Å². The topological polar surface area (TPSA) is 121 Å². The lowest BCUT2D eigenvalue weighted by atomic mass is 9.90. The van der Waals surface area contributed by atoms with Crippen molar-refractivity contribution in [1.29, 1.82) is 0 Å². The fourth-order valence-corrected chi connectivity index (χ4v) is 9.05. The molecule has 11 nitrogen and oxygen atoms in total. The molecule has 13 heteroatoms. The molecule has 9 rings (SSSR count). The number of nitrogens with zero attached hydrogens (tertiary/aromatic N) is 6. The predicted octanol–water partition coefficient (Wildman–Crippen LogP) is 6.47. The Morgan fingerprint density at radius 2 is 1.68 bits per heavy atom. The van der Waals surface area contributed by atoms with E-state index in [4.69, 9.17) is 4.98 Å². The fourth-order valence-electron chi connectivity index (χ4n) is 9.05. The number of pyridine rings is 3. The maximum atomic E-state index is 14.8. The largest absolute Gasteiger partial charge is 0.371 e. The van der Waals surface area contributed by atoms with Crippen LogP contribution in [0.25, 0.3) is 22.0 Å². The highest BCUT2D eigenvalue weighted by atomic mass is 19.3. The summed E-state index contributed by atoms with van der Waals surface area (Å²) in [5.41, 5.74) is 7.41. The van der Waals surface area contributed by atoms with E-state index >= 15 is 0 Å². The number of carbonyl (C=O) groups excluding carboxylic acids is 3. The number of amides is 3. The minimum absolute atomic E-state index is 0.0569. The first-order valence-electron chi connectivity index (χ1n) is 19.2. The number of hydrogen-bond donors (Lipinski definition) is 1. The van der Waals surface area contributed by atoms with Gasteiger partial charge in [0.15, 0.2) is 0 Å². The summed E-state index contributed by atoms with van der Waals surface area (Å²) in [4.78, 5) is 65.3. The SMILES string of the molecule is Cc1cc2c(N3CCCc4cc(-c5ccc(C6CCN(c7ccc8c(c7)CN(C7CCC(=O)NC7=O)C8=O)CC6)nc5)c(C(F)F)cc43)nccc2n(C)c1=O. The summed E-state index contributed by atoms with van der Waals surface area (Å²) in [6.45, 7) is 4.30. The van der Waals surface area contributed by atoms with Crippen molar-refractivity contribution >= 4 is 45.8 Å². The molecule has 286 valence electrons. The van der Waals surface area contributed by atoms with Crippen LogP contribution in [-0.2, 0) is 29.6 Å². The number of nitrogens with one attached hydrogen (secondary N) is 1. The molecule has 7 heterocycles. The van der Waals surface area contributed by atoms with E-state index in [1.807, 2.05) is 47.4 Å². The monoisotopic (exact) mass is 757 g/mol. The van der Waals surface area contributed by atoms with Crippen molar-refractivity contribution in [3.8, 4) is 11.1 Å². The van der Waals surface area contributed by atoms with Gasteiger partial charge in [-0.25, -0.2) is 13.8 Å². The zero-order valence-electron chi connectivity index (χ0n) is 31.2. The molecule has 56 heavy (non-hydrogen) atoms. The molecule has 3 aromatic heterocycles. The van der Waals surface area contributed by atoms with Gasteiger partial charge in [0.2, 0.25) is 11.8 Å². The lowest BCUT2D eigenvalue weighted by Gasteiger charge is -2.34. The molecule has 2 saturated heterocycles. The average Bonchev–Trinajstić information content (AvgIpc) is 3.54. The van der Waals surface area contributed by atoms with Crippen molar-refractivity contribution in [2.24, 2.45) is 7.05 Å². The molecular formula is C43H41F2N7O4. The van der Waals surface area contributed by atoms with Crippen LogP contribution in [0.15, 0.2) is 71.8 Å². The summed E-state index contributed by atoms with van der Waals surface area (Å²) >= 11 is 0. The van der Waals surface area contributed by atoms with Crippen LogP contribution in [0.3, 0.4) is 0 Å². The molecule has 1 unspecified atom stereocenters. The maximum absolute atomic E-state index is 14.8. The number of piperidine rings is 2. The number of fused-ring (bicyclic) bond motifs is 3. The highest BCUT2D eigenvalue weighted by Crippen LogP contribution is 2.43. The molecule has 2 fully saturated rings. The van der Waals surface area contributed by atoms with Crippen LogP contribution in [0.1, 0.15) is 82.8 Å². The van der Waals surface area contributed by atoms with Crippen LogP contribution in [0, 0.1) is 6.92 Å². The van der Waals surface area contributed by atoms with E-state index in [1.54, 1.807) is 48.0 Å². The van der Waals surface area contributed by atoms with Crippen LogP contribution >= 0.6 is 0 Å². The van der Waals surface area contributed by atoms with Gasteiger partial charge < -0.3 is 19.3 Å². The first kappa shape index (κ1) is 35.7. The van der Waals surface area contributed by atoms with Gasteiger partial charge in [0.05, 0.1) is 5.52 Å². The number of benzene rings is 2. The molecule has 0 radical (unpaired) electrons. The van der Waals surface area contributed by atoms with E-state index in [1.165, 1.54) is 0 Å². The van der Waals surface area contributed by atoms with Gasteiger partial charge in [-0.15, -0.1) is 0 Å². The minimum Gasteiger partial charge on any atom is -0.371 e. The fraction of sp³-hybridized carbons (Fsp3) is 0.349. The summed E-state index contributed by atoms with van der Waals surface area (Å²) in [5, 5.41) is 3.15. The number of carbonyl (C=O) groups is 3. The molecule has 4 aliphatic heterocycles. The summed E-state index contributed by atoms with van der Waals surface area (Å²) in [5.74, 6) is -0.0528. The summed E-state index contributed by atoms with van der Waals surface area (Å²) < 4.78 is 31.3. The molecular weight excluding hydrogens is 717 g/mol. The number of rotatable bonds is 6. The Balaban J connectivity index is 0.912. The number of alkyl halides is 2. The second-order valence-electron chi connectivity index (χ2n) is 15.4. The Morgan fingerprint density at radius 1 is 0.857 bits per heavy atom. The van der Waals surface area contributed by atoms with E-state index in [0.717, 1.165) is 72.2 Å². The van der Waals surface area contributed by atoms with Crippen molar-refractivity contribution in [1.82, 2.24) is 24.8 Å². The van der Waals surface area contributed by atoms with Gasteiger partial charge in [0.25, 0.3) is 17.9 Å². The average molecular weight is 758 g/mol. The van der Waals surface area contributed by atoms with E-state index in [-0.39, 0.29) is 35.3 Å². The highest BCUT2D eigenvalue weighted by molar-refractivity contribution is 6.05. The zero-order chi connectivity index (χ0) is 38.8. The van der Waals surface area contributed by atoms with Crippen LogP contribution in [0.2, 0.25) is 0 Å². The Labute approximate surface area is 322 Å². The molecule has 0 bridgehead atoms. The van der Waals surface area contributed by atoms with Gasteiger partial charge in [-0.05, 0) is 104 Å². The van der Waals surface area contributed by atoms with Gasteiger partial charge in [-0.3, -0.25) is 29.5 Å². The standard InChI is InChI=1S/C43H41F2N7O4/c1-24-18-33-35(49(2)42(24)55)11-14-46-40(33)51-15-3-4-26-20-31(32(39(44)45)21-37(26)51)27-5-8-34(47-22-27)25-12-16-50(17-13-25)29-6-7-30-28(19-29)23-52(43(30)56)36-9-10-38(53)48-41(36)54/h5-8,11,14,18-22,25,36,39H,3-4,9-10,12-13,15-17,23H2,1-2H3,(H,48,53,54). The lowest BCUT2D eigenvalue weighted by molar-refractivity contribution is -0.136. The number of aryl methyl sites for hydroxylation is 3. The summed E-state index contributed by atoms with van der Waals surface area (Å²) in [6, 6.07) is 16.2. The van der Waals surface area contributed by atoms with Crippen LogP contribution in [0.4, 0.5) is 26.0 Å². The highest BCUT2D eigenvalue weighted by Gasteiger charge is 2.39. The number of imide groups is 1. The van der Waals surface area contributed by atoms with Gasteiger partial charge in [-0.2, -0.15) is 0 Å². The number of anilines is 3.